The van der Waals surface area contributed by atoms with Crippen molar-refractivity contribution in [1.29, 1.82) is 0 Å². The molecule has 4 rings (SSSR count). The van der Waals surface area contributed by atoms with Crippen LogP contribution in [0.1, 0.15) is 24.2 Å². The Kier molecular flexibility index (Phi) is 4.38. The fourth-order valence-electron chi connectivity index (χ4n) is 3.90. The second kappa shape index (κ2) is 6.82. The molecule has 0 radical (unpaired) electrons. The predicted molar refractivity (Wildman–Crippen MR) is 94.2 cm³/mol. The molecule has 1 amide bonds. The first-order chi connectivity index (χ1) is 12.2. The third-order valence-corrected chi connectivity index (χ3v) is 5.29. The van der Waals surface area contributed by atoms with E-state index in [0.717, 1.165) is 51.3 Å². The van der Waals surface area contributed by atoms with E-state index < -0.39 is 0 Å². The molecule has 0 bridgehead atoms. The molecule has 0 aliphatic carbocycles. The van der Waals surface area contributed by atoms with E-state index in [-0.39, 0.29) is 11.8 Å². The number of aromatic nitrogens is 4. The number of amides is 1. The maximum Gasteiger partial charge on any atom is 0.227 e. The average molecular weight is 340 g/mol. The van der Waals surface area contributed by atoms with E-state index in [1.54, 1.807) is 6.33 Å². The van der Waals surface area contributed by atoms with Crippen molar-refractivity contribution in [3.8, 4) is 0 Å². The number of hydrogen-bond acceptors (Lipinski definition) is 5. The van der Waals surface area contributed by atoms with Gasteiger partial charge in [0.2, 0.25) is 5.91 Å². The molecule has 1 saturated heterocycles. The highest BCUT2D eigenvalue weighted by atomic mass is 16.2. The maximum atomic E-state index is 13.0. The molecule has 1 atom stereocenters. The Bertz CT molecular complexity index is 758. The normalized spacial score (nSPS) is 20.9. The van der Waals surface area contributed by atoms with Gasteiger partial charge in [0.25, 0.3) is 0 Å². The van der Waals surface area contributed by atoms with Gasteiger partial charge in [-0.2, -0.15) is 5.10 Å². The highest BCUT2D eigenvalue weighted by Gasteiger charge is 2.30. The second-order valence-corrected chi connectivity index (χ2v) is 6.92. The van der Waals surface area contributed by atoms with Crippen molar-refractivity contribution < 1.29 is 4.79 Å². The summed E-state index contributed by atoms with van der Waals surface area (Å²) in [5, 5.41) is 4.24. The van der Waals surface area contributed by atoms with E-state index in [4.69, 9.17) is 0 Å². The Labute approximate surface area is 147 Å². The van der Waals surface area contributed by atoms with Gasteiger partial charge in [-0.15, -0.1) is 0 Å². The zero-order chi connectivity index (χ0) is 17.2. The predicted octanol–water partition coefficient (Wildman–Crippen LogP) is 1.28. The van der Waals surface area contributed by atoms with E-state index in [0.29, 0.717) is 6.54 Å². The number of rotatable bonds is 2. The van der Waals surface area contributed by atoms with E-state index in [2.05, 4.69) is 33.0 Å². The Morgan fingerprint density at radius 2 is 2.16 bits per heavy atom. The van der Waals surface area contributed by atoms with E-state index in [1.807, 2.05) is 22.0 Å². The summed E-state index contributed by atoms with van der Waals surface area (Å²) in [7, 11) is 0. The largest absolute Gasteiger partial charge is 0.369 e. The monoisotopic (exact) mass is 340 g/mol. The molecule has 0 N–H and O–H groups in total. The summed E-state index contributed by atoms with van der Waals surface area (Å²) < 4.78 is 1.89. The lowest BCUT2D eigenvalue weighted by Gasteiger charge is -2.29. The Morgan fingerprint density at radius 1 is 1.24 bits per heavy atom. The molecule has 2 aromatic heterocycles. The van der Waals surface area contributed by atoms with Crippen LogP contribution in [0.15, 0.2) is 24.8 Å². The quantitative estimate of drug-likeness (QED) is 0.824. The maximum absolute atomic E-state index is 13.0. The van der Waals surface area contributed by atoms with Crippen molar-refractivity contribution in [2.45, 2.75) is 32.7 Å². The number of anilines is 1. The van der Waals surface area contributed by atoms with E-state index in [1.165, 1.54) is 11.3 Å². The van der Waals surface area contributed by atoms with Gasteiger partial charge in [0.05, 0.1) is 12.5 Å². The third-order valence-electron chi connectivity index (χ3n) is 5.29. The van der Waals surface area contributed by atoms with Crippen molar-refractivity contribution in [3.63, 3.8) is 0 Å². The summed E-state index contributed by atoms with van der Waals surface area (Å²) in [6.07, 6.45) is 8.04. The zero-order valence-electron chi connectivity index (χ0n) is 14.6. The van der Waals surface area contributed by atoms with Crippen LogP contribution in [0.4, 0.5) is 5.69 Å². The molecule has 0 aromatic carbocycles. The van der Waals surface area contributed by atoms with Gasteiger partial charge in [0.1, 0.15) is 12.2 Å². The van der Waals surface area contributed by atoms with E-state index in [9.17, 15) is 4.79 Å². The fourth-order valence-corrected chi connectivity index (χ4v) is 3.90. The summed E-state index contributed by atoms with van der Waals surface area (Å²) in [4.78, 5) is 25.8. The number of hydrogen-bond donors (Lipinski definition) is 0. The van der Waals surface area contributed by atoms with Gasteiger partial charge in [0, 0.05) is 50.7 Å². The van der Waals surface area contributed by atoms with Crippen molar-refractivity contribution >= 4 is 11.6 Å². The lowest BCUT2D eigenvalue weighted by atomic mass is 9.98. The molecule has 4 heterocycles. The lowest BCUT2D eigenvalue weighted by molar-refractivity contribution is -0.136. The number of nitrogens with zero attached hydrogens (tertiary/aromatic N) is 6. The molecule has 2 aliphatic rings. The number of pyridine rings is 1. The van der Waals surface area contributed by atoms with Crippen LogP contribution >= 0.6 is 0 Å². The summed E-state index contributed by atoms with van der Waals surface area (Å²) >= 11 is 0. The molecule has 0 saturated carbocycles. The highest BCUT2D eigenvalue weighted by molar-refractivity contribution is 5.79. The van der Waals surface area contributed by atoms with Crippen LogP contribution in [0.25, 0.3) is 0 Å². The second-order valence-electron chi connectivity index (χ2n) is 6.92. The van der Waals surface area contributed by atoms with Crippen LogP contribution in [0.3, 0.4) is 0 Å². The van der Waals surface area contributed by atoms with Crippen LogP contribution in [0.2, 0.25) is 0 Å². The molecule has 25 heavy (non-hydrogen) atoms. The molecule has 7 heteroatoms. The average Bonchev–Trinajstić information content (AvgIpc) is 2.97. The molecule has 0 spiro atoms. The summed E-state index contributed by atoms with van der Waals surface area (Å²) in [5.74, 6) is 1.30. The number of carbonyl (C=O) groups excluding carboxylic acids is 1. The number of fused-ring (bicyclic) bond motifs is 1. The standard InChI is InChI=1S/C18H24N6O/c1-14-11-19-6-5-16(14)22-7-2-8-23(10-9-22)18(25)15-3-4-17-20-13-21-24(17)12-15/h5-6,11,13,15H,2-4,7-10,12H2,1H3. The summed E-state index contributed by atoms with van der Waals surface area (Å²) in [5.41, 5.74) is 2.42. The first-order valence-corrected chi connectivity index (χ1v) is 9.03. The topological polar surface area (TPSA) is 67.2 Å². The number of aryl methyl sites for hydroxylation is 2. The Balaban J connectivity index is 1.41. The third kappa shape index (κ3) is 3.23. The van der Waals surface area contributed by atoms with Gasteiger partial charge in [-0.05, 0) is 31.4 Å². The molecule has 2 aromatic rings. The molecular weight excluding hydrogens is 316 g/mol. The van der Waals surface area contributed by atoms with Crippen molar-refractivity contribution in [2.75, 3.05) is 31.1 Å². The molecule has 1 unspecified atom stereocenters. The summed E-state index contributed by atoms with van der Waals surface area (Å²) in [6.45, 7) is 6.22. The van der Waals surface area contributed by atoms with Crippen molar-refractivity contribution in [1.82, 2.24) is 24.6 Å². The lowest BCUT2D eigenvalue weighted by Crippen LogP contribution is -2.42. The SMILES string of the molecule is Cc1cnccc1N1CCCN(C(=O)C2CCc3ncnn3C2)CC1. The van der Waals surface area contributed by atoms with Crippen LogP contribution in [-0.2, 0) is 17.8 Å². The molecule has 132 valence electrons. The minimum Gasteiger partial charge on any atom is -0.369 e. The van der Waals surface area contributed by atoms with Gasteiger partial charge in [0.15, 0.2) is 0 Å². The van der Waals surface area contributed by atoms with Gasteiger partial charge in [-0.25, -0.2) is 9.67 Å². The molecule has 1 fully saturated rings. The van der Waals surface area contributed by atoms with E-state index >= 15 is 0 Å². The van der Waals surface area contributed by atoms with Crippen LogP contribution in [0.5, 0.6) is 0 Å². The smallest absolute Gasteiger partial charge is 0.227 e. The van der Waals surface area contributed by atoms with Crippen LogP contribution < -0.4 is 4.90 Å². The Morgan fingerprint density at radius 3 is 3.04 bits per heavy atom. The first kappa shape index (κ1) is 16.1. The van der Waals surface area contributed by atoms with Crippen LogP contribution in [0, 0.1) is 12.8 Å². The highest BCUT2D eigenvalue weighted by Crippen LogP contribution is 2.23. The minimum absolute atomic E-state index is 0.0309. The zero-order valence-corrected chi connectivity index (χ0v) is 14.6. The van der Waals surface area contributed by atoms with Gasteiger partial charge in [-0.1, -0.05) is 0 Å². The Hall–Kier alpha value is -2.44. The van der Waals surface area contributed by atoms with Gasteiger partial charge in [-0.3, -0.25) is 9.78 Å². The van der Waals surface area contributed by atoms with Gasteiger partial charge >= 0.3 is 0 Å². The van der Waals surface area contributed by atoms with Crippen molar-refractivity contribution in [2.24, 2.45) is 5.92 Å². The first-order valence-electron chi connectivity index (χ1n) is 9.03. The number of carbonyl (C=O) groups is 1. The van der Waals surface area contributed by atoms with Gasteiger partial charge < -0.3 is 9.80 Å². The van der Waals surface area contributed by atoms with Crippen molar-refractivity contribution in [3.05, 3.63) is 36.2 Å². The molecular formula is C18H24N6O. The summed E-state index contributed by atoms with van der Waals surface area (Å²) in [6, 6.07) is 2.07. The minimum atomic E-state index is 0.0309. The molecule has 2 aliphatic heterocycles. The molecule has 7 nitrogen and oxygen atoms in total. The van der Waals surface area contributed by atoms with Crippen LogP contribution in [-0.4, -0.2) is 56.7 Å². The fraction of sp³-hybridized carbons (Fsp3) is 0.556.